The zero-order chi connectivity index (χ0) is 15.4. The van der Waals surface area contributed by atoms with Gasteiger partial charge in [-0.25, -0.2) is 0 Å². The van der Waals surface area contributed by atoms with Gasteiger partial charge < -0.3 is 0 Å². The number of rotatable bonds is 5. The summed E-state index contributed by atoms with van der Waals surface area (Å²) in [7, 11) is 0. The lowest BCUT2D eigenvalue weighted by atomic mass is 9.70. The van der Waals surface area contributed by atoms with Crippen molar-refractivity contribution < 1.29 is 0 Å². The Bertz CT molecular complexity index is 714. The third kappa shape index (κ3) is 2.52. The Morgan fingerprint density at radius 2 is 1.59 bits per heavy atom. The number of nitrogens with zero attached hydrogens (tertiary/aromatic N) is 2. The zero-order valence-electron chi connectivity index (χ0n) is 12.9. The molecule has 2 aromatic rings. The van der Waals surface area contributed by atoms with Crippen molar-refractivity contribution in [2.45, 2.75) is 19.8 Å². The fourth-order valence-corrected chi connectivity index (χ4v) is 3.14. The van der Waals surface area contributed by atoms with Crippen LogP contribution in [0.15, 0.2) is 83.5 Å². The standard InChI is InChI=1S/C20H20N2/c1-3-14-20(15-17-10-6-4-7-11-17)16(2)21-22-19(20)18-12-8-5-9-13-18/h3-13H,1,14-15H2,2H3/t20-/m0/s1. The van der Waals surface area contributed by atoms with Crippen molar-refractivity contribution in [3.8, 4) is 0 Å². The van der Waals surface area contributed by atoms with Gasteiger partial charge in [0.05, 0.1) is 16.8 Å². The van der Waals surface area contributed by atoms with Gasteiger partial charge in [0.1, 0.15) is 0 Å². The van der Waals surface area contributed by atoms with E-state index in [-0.39, 0.29) is 5.41 Å². The second-order valence-corrected chi connectivity index (χ2v) is 5.74. The molecule has 0 N–H and O–H groups in total. The molecule has 22 heavy (non-hydrogen) atoms. The van der Waals surface area contributed by atoms with Gasteiger partial charge in [0.2, 0.25) is 0 Å². The van der Waals surface area contributed by atoms with Crippen molar-refractivity contribution in [3.63, 3.8) is 0 Å². The van der Waals surface area contributed by atoms with E-state index in [9.17, 15) is 0 Å². The second kappa shape index (κ2) is 6.10. The maximum atomic E-state index is 4.51. The molecule has 2 heteroatoms. The molecule has 110 valence electrons. The first-order valence-electron chi connectivity index (χ1n) is 7.60. The molecule has 0 bridgehead atoms. The van der Waals surface area contributed by atoms with Crippen LogP contribution >= 0.6 is 0 Å². The summed E-state index contributed by atoms with van der Waals surface area (Å²) in [4.78, 5) is 0. The molecule has 3 rings (SSSR count). The number of hydrogen-bond acceptors (Lipinski definition) is 2. The highest BCUT2D eigenvalue weighted by Crippen LogP contribution is 2.38. The van der Waals surface area contributed by atoms with Crippen molar-refractivity contribution >= 4 is 11.4 Å². The van der Waals surface area contributed by atoms with Crippen LogP contribution in [0.25, 0.3) is 0 Å². The van der Waals surface area contributed by atoms with E-state index in [1.165, 1.54) is 5.56 Å². The molecule has 0 radical (unpaired) electrons. The van der Waals surface area contributed by atoms with Crippen molar-refractivity contribution in [2.24, 2.45) is 15.6 Å². The second-order valence-electron chi connectivity index (χ2n) is 5.74. The van der Waals surface area contributed by atoms with Crippen LogP contribution in [0.5, 0.6) is 0 Å². The van der Waals surface area contributed by atoms with Crippen LogP contribution in [-0.2, 0) is 6.42 Å². The molecule has 2 aromatic carbocycles. The van der Waals surface area contributed by atoms with E-state index < -0.39 is 0 Å². The minimum absolute atomic E-state index is 0.190. The van der Waals surface area contributed by atoms with Crippen molar-refractivity contribution in [1.82, 2.24) is 0 Å². The van der Waals surface area contributed by atoms with Gasteiger partial charge in [-0.05, 0) is 30.9 Å². The maximum Gasteiger partial charge on any atom is 0.0827 e. The molecule has 1 aliphatic rings. The van der Waals surface area contributed by atoms with Crippen LogP contribution in [0.2, 0.25) is 0 Å². The van der Waals surface area contributed by atoms with Crippen LogP contribution < -0.4 is 0 Å². The molecule has 1 heterocycles. The van der Waals surface area contributed by atoms with E-state index in [0.717, 1.165) is 29.8 Å². The third-order valence-electron chi connectivity index (χ3n) is 4.33. The normalized spacial score (nSPS) is 20.4. The number of hydrogen-bond donors (Lipinski definition) is 0. The van der Waals surface area contributed by atoms with Crippen LogP contribution in [0.3, 0.4) is 0 Å². The molecule has 0 spiro atoms. The van der Waals surface area contributed by atoms with Gasteiger partial charge in [-0.2, -0.15) is 10.2 Å². The lowest BCUT2D eigenvalue weighted by molar-refractivity contribution is 0.587. The van der Waals surface area contributed by atoms with Gasteiger partial charge in [-0.1, -0.05) is 66.7 Å². The largest absolute Gasteiger partial charge is 0.159 e. The first-order chi connectivity index (χ1) is 10.8. The van der Waals surface area contributed by atoms with Gasteiger partial charge in [0.25, 0.3) is 0 Å². The summed E-state index contributed by atoms with van der Waals surface area (Å²) in [5, 5.41) is 8.93. The first kappa shape index (κ1) is 14.5. The summed E-state index contributed by atoms with van der Waals surface area (Å²) in [5.74, 6) is 0. The van der Waals surface area contributed by atoms with E-state index in [1.54, 1.807) is 0 Å². The van der Waals surface area contributed by atoms with Crippen LogP contribution in [0.1, 0.15) is 24.5 Å². The van der Waals surface area contributed by atoms with Crippen molar-refractivity contribution in [1.29, 1.82) is 0 Å². The molecule has 0 saturated heterocycles. The Hall–Kier alpha value is -2.48. The predicted octanol–water partition coefficient (Wildman–Crippen LogP) is 4.67. The number of allylic oxidation sites excluding steroid dienone is 1. The fourth-order valence-electron chi connectivity index (χ4n) is 3.14. The molecular weight excluding hydrogens is 268 g/mol. The van der Waals surface area contributed by atoms with E-state index in [1.807, 2.05) is 30.3 Å². The fraction of sp³-hybridized carbons (Fsp3) is 0.200. The predicted molar refractivity (Wildman–Crippen MR) is 93.5 cm³/mol. The van der Waals surface area contributed by atoms with Crippen LogP contribution in [-0.4, -0.2) is 11.4 Å². The van der Waals surface area contributed by atoms with Gasteiger partial charge in [0.15, 0.2) is 0 Å². The summed E-state index contributed by atoms with van der Waals surface area (Å²) in [6, 6.07) is 20.9. The molecule has 1 atom stereocenters. The molecule has 0 saturated carbocycles. The average molecular weight is 288 g/mol. The minimum Gasteiger partial charge on any atom is -0.159 e. The highest BCUT2D eigenvalue weighted by molar-refractivity contribution is 6.20. The summed E-state index contributed by atoms with van der Waals surface area (Å²) in [5.41, 5.74) is 4.36. The van der Waals surface area contributed by atoms with Gasteiger partial charge >= 0.3 is 0 Å². The van der Waals surface area contributed by atoms with E-state index >= 15 is 0 Å². The van der Waals surface area contributed by atoms with E-state index in [4.69, 9.17) is 0 Å². The quantitative estimate of drug-likeness (QED) is 0.714. The van der Waals surface area contributed by atoms with Gasteiger partial charge in [0, 0.05) is 0 Å². The Balaban J connectivity index is 2.05. The Labute approximate surface area is 131 Å². The molecule has 0 aromatic heterocycles. The zero-order valence-corrected chi connectivity index (χ0v) is 12.9. The van der Waals surface area contributed by atoms with Crippen molar-refractivity contribution in [3.05, 3.63) is 84.4 Å². The maximum absolute atomic E-state index is 4.51. The molecule has 0 fully saturated rings. The van der Waals surface area contributed by atoms with E-state index in [2.05, 4.69) is 60.1 Å². The summed E-state index contributed by atoms with van der Waals surface area (Å²) in [6.45, 7) is 6.04. The van der Waals surface area contributed by atoms with Crippen LogP contribution in [0.4, 0.5) is 0 Å². The third-order valence-corrected chi connectivity index (χ3v) is 4.33. The number of benzene rings is 2. The highest BCUT2D eigenvalue weighted by Gasteiger charge is 2.42. The van der Waals surface area contributed by atoms with Gasteiger partial charge in [-0.15, -0.1) is 6.58 Å². The smallest absolute Gasteiger partial charge is 0.0827 e. The Kier molecular flexibility index (Phi) is 4.01. The molecule has 2 nitrogen and oxygen atoms in total. The minimum atomic E-state index is -0.190. The summed E-state index contributed by atoms with van der Waals surface area (Å²) in [6.07, 6.45) is 3.71. The monoisotopic (exact) mass is 288 g/mol. The SMILES string of the molecule is C=CC[C@]1(Cc2ccccc2)C(C)=NN=C1c1ccccc1. The lowest BCUT2D eigenvalue weighted by Gasteiger charge is -2.30. The van der Waals surface area contributed by atoms with E-state index in [0.29, 0.717) is 0 Å². The van der Waals surface area contributed by atoms with Crippen molar-refractivity contribution in [2.75, 3.05) is 0 Å². The Morgan fingerprint density at radius 3 is 2.23 bits per heavy atom. The summed E-state index contributed by atoms with van der Waals surface area (Å²) >= 11 is 0. The topological polar surface area (TPSA) is 24.7 Å². The molecular formula is C20H20N2. The molecule has 0 unspecified atom stereocenters. The average Bonchev–Trinajstić information content (AvgIpc) is 2.86. The van der Waals surface area contributed by atoms with Gasteiger partial charge in [-0.3, -0.25) is 0 Å². The molecule has 0 aliphatic carbocycles. The molecule has 0 amide bonds. The summed E-state index contributed by atoms with van der Waals surface area (Å²) < 4.78 is 0. The Morgan fingerprint density at radius 1 is 0.955 bits per heavy atom. The lowest BCUT2D eigenvalue weighted by Crippen LogP contribution is -2.37. The highest BCUT2D eigenvalue weighted by atomic mass is 15.2. The molecule has 1 aliphatic heterocycles. The van der Waals surface area contributed by atoms with Crippen LogP contribution in [0, 0.1) is 5.41 Å². The first-order valence-corrected chi connectivity index (χ1v) is 7.60.